The quantitative estimate of drug-likeness (QED) is 0.886. The molecule has 2 rings (SSSR count). The minimum absolute atomic E-state index is 0. The summed E-state index contributed by atoms with van der Waals surface area (Å²) in [6, 6.07) is 9.68. The van der Waals surface area contributed by atoms with Crippen LogP contribution in [-0.4, -0.2) is 17.6 Å². The van der Waals surface area contributed by atoms with E-state index in [1.54, 1.807) is 30.3 Å². The molecule has 0 unspecified atom stereocenters. The van der Waals surface area contributed by atoms with Crippen molar-refractivity contribution in [2.45, 2.75) is 6.54 Å². The number of furan rings is 1. The number of rotatable bonds is 5. The van der Waals surface area contributed by atoms with E-state index in [4.69, 9.17) is 9.52 Å². The van der Waals surface area contributed by atoms with E-state index in [1.807, 2.05) is 0 Å². The van der Waals surface area contributed by atoms with E-state index >= 15 is 0 Å². The Kier molecular flexibility index (Phi) is 5.54. The zero-order valence-corrected chi connectivity index (χ0v) is 10.7. The van der Waals surface area contributed by atoms with Crippen LogP contribution in [0.4, 0.5) is 4.39 Å². The molecule has 6 heteroatoms. The van der Waals surface area contributed by atoms with Gasteiger partial charge in [0.05, 0.1) is 18.7 Å². The monoisotopic (exact) mass is 285 g/mol. The minimum atomic E-state index is -0.934. The van der Waals surface area contributed by atoms with Gasteiger partial charge in [-0.15, -0.1) is 12.4 Å². The summed E-state index contributed by atoms with van der Waals surface area (Å²) in [5.41, 5.74) is 0.391. The predicted octanol–water partition coefficient (Wildman–Crippen LogP) is 2.68. The van der Waals surface area contributed by atoms with E-state index in [1.165, 1.54) is 6.07 Å². The number of benzene rings is 1. The summed E-state index contributed by atoms with van der Waals surface area (Å²) in [6.07, 6.45) is 0. The van der Waals surface area contributed by atoms with Crippen LogP contribution in [0.25, 0.3) is 11.3 Å². The van der Waals surface area contributed by atoms with E-state index in [2.05, 4.69) is 5.32 Å². The molecule has 0 radical (unpaired) electrons. The molecule has 0 amide bonds. The van der Waals surface area contributed by atoms with Gasteiger partial charge >= 0.3 is 5.97 Å². The van der Waals surface area contributed by atoms with Crippen molar-refractivity contribution in [3.63, 3.8) is 0 Å². The van der Waals surface area contributed by atoms with Crippen LogP contribution >= 0.6 is 12.4 Å². The highest BCUT2D eigenvalue weighted by Gasteiger charge is 2.09. The summed E-state index contributed by atoms with van der Waals surface area (Å²) in [6.45, 7) is 0.149. The largest absolute Gasteiger partial charge is 0.480 e. The lowest BCUT2D eigenvalue weighted by atomic mass is 10.1. The molecule has 102 valence electrons. The maximum absolute atomic E-state index is 13.5. The molecule has 1 aromatic heterocycles. The number of hydrogen-bond donors (Lipinski definition) is 2. The van der Waals surface area contributed by atoms with Gasteiger partial charge in [0.1, 0.15) is 17.3 Å². The van der Waals surface area contributed by atoms with Crippen LogP contribution < -0.4 is 5.32 Å². The number of hydrogen-bond acceptors (Lipinski definition) is 3. The fraction of sp³-hybridized carbons (Fsp3) is 0.154. The highest BCUT2D eigenvalue weighted by atomic mass is 35.5. The first kappa shape index (κ1) is 15.2. The minimum Gasteiger partial charge on any atom is -0.480 e. The van der Waals surface area contributed by atoms with Crippen molar-refractivity contribution in [1.82, 2.24) is 5.32 Å². The molecule has 19 heavy (non-hydrogen) atoms. The lowest BCUT2D eigenvalue weighted by Gasteiger charge is -2.00. The molecule has 1 aromatic carbocycles. The Bertz CT molecular complexity index is 556. The molecular weight excluding hydrogens is 273 g/mol. The highest BCUT2D eigenvalue weighted by Crippen LogP contribution is 2.24. The van der Waals surface area contributed by atoms with Gasteiger partial charge in [0.25, 0.3) is 0 Å². The molecule has 0 spiro atoms. The summed E-state index contributed by atoms with van der Waals surface area (Å²) < 4.78 is 18.9. The number of aliphatic carboxylic acids is 1. The summed E-state index contributed by atoms with van der Waals surface area (Å²) in [5.74, 6) is -0.289. The summed E-state index contributed by atoms with van der Waals surface area (Å²) in [7, 11) is 0. The number of carbonyl (C=O) groups is 1. The number of carboxylic acid groups (broad SMARTS) is 1. The molecular formula is C13H13ClFNO3. The van der Waals surface area contributed by atoms with E-state index in [0.29, 0.717) is 23.6 Å². The highest BCUT2D eigenvalue weighted by molar-refractivity contribution is 5.85. The second kappa shape index (κ2) is 6.92. The fourth-order valence-corrected chi connectivity index (χ4v) is 1.57. The van der Waals surface area contributed by atoms with Gasteiger partial charge in [0, 0.05) is 0 Å². The molecule has 2 N–H and O–H groups in total. The maximum Gasteiger partial charge on any atom is 0.317 e. The van der Waals surface area contributed by atoms with Gasteiger partial charge in [-0.3, -0.25) is 10.1 Å². The standard InChI is InChI=1S/C13H12FNO3.ClH/c14-11-4-2-1-3-10(11)12-6-5-9(18-12)7-15-8-13(16)17;/h1-6,15H,7-8H2,(H,16,17);1H. The van der Waals surface area contributed by atoms with Crippen LogP contribution in [-0.2, 0) is 11.3 Å². The van der Waals surface area contributed by atoms with E-state index in [0.717, 1.165) is 0 Å². The molecule has 0 saturated carbocycles. The molecule has 1 heterocycles. The molecule has 0 aliphatic heterocycles. The van der Waals surface area contributed by atoms with Crippen LogP contribution in [0, 0.1) is 5.82 Å². The van der Waals surface area contributed by atoms with E-state index in [9.17, 15) is 9.18 Å². The van der Waals surface area contributed by atoms with E-state index in [-0.39, 0.29) is 24.8 Å². The van der Waals surface area contributed by atoms with E-state index < -0.39 is 5.97 Å². The van der Waals surface area contributed by atoms with Crippen molar-refractivity contribution < 1.29 is 18.7 Å². The molecule has 0 aliphatic rings. The van der Waals surface area contributed by atoms with Crippen molar-refractivity contribution in [3.8, 4) is 11.3 Å². The smallest absolute Gasteiger partial charge is 0.317 e. The van der Waals surface area contributed by atoms with Gasteiger partial charge in [0.2, 0.25) is 0 Å². The van der Waals surface area contributed by atoms with Crippen molar-refractivity contribution in [2.24, 2.45) is 0 Å². The number of nitrogens with one attached hydrogen (secondary N) is 1. The number of halogens is 2. The van der Waals surface area contributed by atoms with Crippen LogP contribution in [0.1, 0.15) is 5.76 Å². The van der Waals surface area contributed by atoms with Crippen molar-refractivity contribution in [1.29, 1.82) is 0 Å². The summed E-state index contributed by atoms with van der Waals surface area (Å²) in [5, 5.41) is 11.2. The van der Waals surface area contributed by atoms with Gasteiger partial charge in [-0.25, -0.2) is 4.39 Å². The summed E-state index contributed by atoms with van der Waals surface area (Å²) >= 11 is 0. The van der Waals surface area contributed by atoms with Crippen LogP contribution in [0.3, 0.4) is 0 Å². The predicted molar refractivity (Wildman–Crippen MR) is 70.7 cm³/mol. The molecule has 0 fully saturated rings. The average molecular weight is 286 g/mol. The maximum atomic E-state index is 13.5. The third kappa shape index (κ3) is 4.08. The normalized spacial score (nSPS) is 9.95. The lowest BCUT2D eigenvalue weighted by molar-refractivity contribution is -0.136. The van der Waals surface area contributed by atoms with Gasteiger partial charge in [0.15, 0.2) is 0 Å². The Morgan fingerprint density at radius 1 is 1.26 bits per heavy atom. The van der Waals surface area contributed by atoms with Gasteiger partial charge in [-0.2, -0.15) is 0 Å². The molecule has 2 aromatic rings. The third-order valence-electron chi connectivity index (χ3n) is 2.38. The van der Waals surface area contributed by atoms with Crippen LogP contribution in [0.15, 0.2) is 40.8 Å². The van der Waals surface area contributed by atoms with Gasteiger partial charge < -0.3 is 9.52 Å². The fourth-order valence-electron chi connectivity index (χ4n) is 1.57. The first-order valence-electron chi connectivity index (χ1n) is 5.43. The Hall–Kier alpha value is -1.85. The Morgan fingerprint density at radius 3 is 2.68 bits per heavy atom. The van der Waals surface area contributed by atoms with Crippen LogP contribution in [0.5, 0.6) is 0 Å². The molecule has 0 bridgehead atoms. The Labute approximate surface area is 115 Å². The SMILES string of the molecule is Cl.O=C(O)CNCc1ccc(-c2ccccc2F)o1. The topological polar surface area (TPSA) is 62.5 Å². The average Bonchev–Trinajstić information content (AvgIpc) is 2.78. The second-order valence-electron chi connectivity index (χ2n) is 3.74. The second-order valence-corrected chi connectivity index (χ2v) is 3.74. The molecule has 4 nitrogen and oxygen atoms in total. The van der Waals surface area contributed by atoms with Gasteiger partial charge in [-0.1, -0.05) is 12.1 Å². The van der Waals surface area contributed by atoms with Crippen molar-refractivity contribution in [3.05, 3.63) is 48.0 Å². The van der Waals surface area contributed by atoms with Crippen LogP contribution in [0.2, 0.25) is 0 Å². The van der Waals surface area contributed by atoms with Crippen molar-refractivity contribution >= 4 is 18.4 Å². The third-order valence-corrected chi connectivity index (χ3v) is 2.38. The lowest BCUT2D eigenvalue weighted by Crippen LogP contribution is -2.21. The number of carboxylic acids is 1. The zero-order chi connectivity index (χ0) is 13.0. The first-order chi connectivity index (χ1) is 8.66. The summed E-state index contributed by atoms with van der Waals surface area (Å²) in [4.78, 5) is 10.3. The first-order valence-corrected chi connectivity index (χ1v) is 5.43. The Morgan fingerprint density at radius 2 is 2.00 bits per heavy atom. The molecule has 0 saturated heterocycles. The van der Waals surface area contributed by atoms with Gasteiger partial charge in [-0.05, 0) is 24.3 Å². The molecule has 0 aliphatic carbocycles. The zero-order valence-electron chi connectivity index (χ0n) is 9.93. The Balaban J connectivity index is 0.00000180. The molecule has 0 atom stereocenters. The van der Waals surface area contributed by atoms with Crippen molar-refractivity contribution in [2.75, 3.05) is 6.54 Å².